The first-order chi connectivity index (χ1) is 6.65. The van der Waals surface area contributed by atoms with Gasteiger partial charge in [0.2, 0.25) is 0 Å². The molecule has 14 heavy (non-hydrogen) atoms. The quantitative estimate of drug-likeness (QED) is 0.740. The Morgan fingerprint density at radius 3 is 2.93 bits per heavy atom. The molecule has 1 heterocycles. The summed E-state index contributed by atoms with van der Waals surface area (Å²) in [5.74, 6) is -2.42. The van der Waals surface area contributed by atoms with Gasteiger partial charge in [-0.1, -0.05) is 11.6 Å². The number of thiazole rings is 1. The van der Waals surface area contributed by atoms with Gasteiger partial charge in [-0.25, -0.2) is 4.98 Å². The number of rotatable bonds is 2. The van der Waals surface area contributed by atoms with Crippen molar-refractivity contribution < 1.29 is 8.78 Å². The smallest absolute Gasteiger partial charge is 0.229 e. The first-order valence-corrected chi connectivity index (χ1v) is 5.73. The van der Waals surface area contributed by atoms with Gasteiger partial charge in [0, 0.05) is 5.02 Å². The van der Waals surface area contributed by atoms with E-state index in [1.54, 1.807) is 18.2 Å². The van der Waals surface area contributed by atoms with Gasteiger partial charge in [-0.2, -0.15) is 8.78 Å². The van der Waals surface area contributed by atoms with Crippen LogP contribution in [0.2, 0.25) is 5.02 Å². The Balaban J connectivity index is 2.41. The van der Waals surface area contributed by atoms with Crippen molar-refractivity contribution in [1.82, 2.24) is 4.98 Å². The van der Waals surface area contributed by atoms with Gasteiger partial charge in [-0.15, -0.1) is 11.3 Å². The van der Waals surface area contributed by atoms with Crippen LogP contribution in [-0.4, -0.2) is 10.7 Å². The molecule has 0 atom stereocenters. The van der Waals surface area contributed by atoms with Gasteiger partial charge >= 0.3 is 0 Å². The van der Waals surface area contributed by atoms with Crippen LogP contribution >= 0.6 is 34.7 Å². The van der Waals surface area contributed by atoms with Crippen LogP contribution in [0.1, 0.15) is 0 Å². The zero-order chi connectivity index (χ0) is 10.1. The molecule has 2 rings (SSSR count). The SMILES string of the molecule is FC(F)Sc1nc2ccc(Cl)cc2s1. The molecule has 0 saturated heterocycles. The maximum Gasteiger partial charge on any atom is 0.291 e. The normalized spacial score (nSPS) is 11.4. The molecule has 0 aliphatic carbocycles. The third-order valence-electron chi connectivity index (χ3n) is 1.52. The van der Waals surface area contributed by atoms with Crippen LogP contribution < -0.4 is 0 Å². The molecule has 1 aromatic heterocycles. The Hall–Kier alpha value is -0.390. The number of nitrogens with zero attached hydrogens (tertiary/aromatic N) is 1. The summed E-state index contributed by atoms with van der Waals surface area (Å²) in [5.41, 5.74) is 0.711. The summed E-state index contributed by atoms with van der Waals surface area (Å²) in [5, 5.41) is 0.592. The Labute approximate surface area is 92.1 Å². The molecule has 1 nitrogen and oxygen atoms in total. The topological polar surface area (TPSA) is 12.9 Å². The van der Waals surface area contributed by atoms with Crippen molar-refractivity contribution in [3.63, 3.8) is 0 Å². The van der Waals surface area contributed by atoms with E-state index in [0.29, 0.717) is 26.6 Å². The van der Waals surface area contributed by atoms with Crippen LogP contribution in [0.3, 0.4) is 0 Å². The molecule has 6 heteroatoms. The van der Waals surface area contributed by atoms with E-state index < -0.39 is 5.76 Å². The second-order valence-corrected chi connectivity index (χ2v) is 5.17. The number of aromatic nitrogens is 1. The zero-order valence-electron chi connectivity index (χ0n) is 6.71. The molecule has 74 valence electrons. The molecule has 0 aliphatic heterocycles. The van der Waals surface area contributed by atoms with E-state index in [1.807, 2.05) is 0 Å². The molecule has 0 saturated carbocycles. The highest BCUT2D eigenvalue weighted by atomic mass is 35.5. The zero-order valence-corrected chi connectivity index (χ0v) is 9.10. The number of benzene rings is 1. The highest BCUT2D eigenvalue weighted by molar-refractivity contribution is 8.01. The lowest BCUT2D eigenvalue weighted by molar-refractivity contribution is 0.252. The minimum atomic E-state index is -2.42. The van der Waals surface area contributed by atoms with E-state index in [0.717, 1.165) is 4.70 Å². The first kappa shape index (κ1) is 10.1. The lowest BCUT2D eigenvalue weighted by Gasteiger charge is -1.90. The molecule has 0 radical (unpaired) electrons. The lowest BCUT2D eigenvalue weighted by Crippen LogP contribution is -1.78. The number of hydrogen-bond acceptors (Lipinski definition) is 3. The van der Waals surface area contributed by atoms with E-state index >= 15 is 0 Å². The van der Waals surface area contributed by atoms with Crippen LogP contribution in [0.5, 0.6) is 0 Å². The fourth-order valence-corrected chi connectivity index (χ4v) is 2.96. The average Bonchev–Trinajstić information content (AvgIpc) is 2.44. The van der Waals surface area contributed by atoms with Gasteiger partial charge in [0.1, 0.15) is 0 Å². The van der Waals surface area contributed by atoms with Crippen molar-refractivity contribution in [3.05, 3.63) is 23.2 Å². The minimum absolute atomic E-state index is 0.372. The molecule has 0 aliphatic rings. The lowest BCUT2D eigenvalue weighted by atomic mass is 10.3. The molecular formula is C8H4ClF2NS2. The van der Waals surface area contributed by atoms with Gasteiger partial charge < -0.3 is 0 Å². The molecule has 0 spiro atoms. The van der Waals surface area contributed by atoms with Crippen molar-refractivity contribution in [2.45, 2.75) is 10.1 Å². The van der Waals surface area contributed by atoms with Gasteiger partial charge in [0.25, 0.3) is 5.76 Å². The summed E-state index contributed by atoms with van der Waals surface area (Å²) in [7, 11) is 0. The van der Waals surface area contributed by atoms with E-state index in [-0.39, 0.29) is 0 Å². The summed E-state index contributed by atoms with van der Waals surface area (Å²) in [4.78, 5) is 4.04. The summed E-state index contributed by atoms with van der Waals surface area (Å²) < 4.78 is 25.3. The van der Waals surface area contributed by atoms with Crippen molar-refractivity contribution in [1.29, 1.82) is 0 Å². The van der Waals surface area contributed by atoms with Crippen LogP contribution in [0.25, 0.3) is 10.2 Å². The maximum absolute atomic E-state index is 12.0. The number of halogens is 3. The summed E-state index contributed by atoms with van der Waals surface area (Å²) in [6.45, 7) is 0. The first-order valence-electron chi connectivity index (χ1n) is 3.66. The van der Waals surface area contributed by atoms with E-state index in [4.69, 9.17) is 11.6 Å². The Morgan fingerprint density at radius 1 is 1.43 bits per heavy atom. The standard InChI is InChI=1S/C8H4ClF2NS2/c9-4-1-2-5-6(3-4)13-8(12-5)14-7(10)11/h1-3,7H. The molecule has 0 bridgehead atoms. The molecule has 0 N–H and O–H groups in total. The molecule has 0 unspecified atom stereocenters. The highest BCUT2D eigenvalue weighted by Crippen LogP contribution is 2.33. The van der Waals surface area contributed by atoms with Crippen LogP contribution in [0.15, 0.2) is 22.5 Å². The summed E-state index contributed by atoms with van der Waals surface area (Å²) >= 11 is 7.45. The van der Waals surface area contributed by atoms with Crippen LogP contribution in [0, 0.1) is 0 Å². The highest BCUT2D eigenvalue weighted by Gasteiger charge is 2.10. The fraction of sp³-hybridized carbons (Fsp3) is 0.125. The molecule has 2 aromatic rings. The van der Waals surface area contributed by atoms with Crippen molar-refractivity contribution >= 4 is 44.9 Å². The Kier molecular flexibility index (Phi) is 2.90. The minimum Gasteiger partial charge on any atom is -0.229 e. The molecule has 1 aromatic carbocycles. The third kappa shape index (κ3) is 2.16. The molecule has 0 fully saturated rings. The van der Waals surface area contributed by atoms with E-state index in [1.165, 1.54) is 11.3 Å². The van der Waals surface area contributed by atoms with Crippen LogP contribution in [0.4, 0.5) is 8.78 Å². The fourth-order valence-electron chi connectivity index (χ4n) is 1.00. The van der Waals surface area contributed by atoms with Crippen molar-refractivity contribution in [2.24, 2.45) is 0 Å². The number of fused-ring (bicyclic) bond motifs is 1. The molecular weight excluding hydrogens is 248 g/mol. The van der Waals surface area contributed by atoms with E-state index in [2.05, 4.69) is 4.98 Å². The second-order valence-electron chi connectivity index (χ2n) is 2.47. The predicted molar refractivity (Wildman–Crippen MR) is 56.5 cm³/mol. The number of thioether (sulfide) groups is 1. The van der Waals surface area contributed by atoms with Crippen molar-refractivity contribution in [2.75, 3.05) is 0 Å². The number of alkyl halides is 2. The Morgan fingerprint density at radius 2 is 2.21 bits per heavy atom. The van der Waals surface area contributed by atoms with Crippen molar-refractivity contribution in [3.8, 4) is 0 Å². The second kappa shape index (κ2) is 4.00. The summed E-state index contributed by atoms with van der Waals surface area (Å²) in [6.07, 6.45) is 0. The van der Waals surface area contributed by atoms with Crippen LogP contribution in [-0.2, 0) is 0 Å². The predicted octanol–water partition coefficient (Wildman–Crippen LogP) is 4.26. The maximum atomic E-state index is 12.0. The number of hydrogen-bond donors (Lipinski definition) is 0. The molecule has 0 amide bonds. The van der Waals surface area contributed by atoms with E-state index in [9.17, 15) is 8.78 Å². The monoisotopic (exact) mass is 251 g/mol. The Bertz CT molecular complexity index is 458. The van der Waals surface area contributed by atoms with Gasteiger partial charge in [-0.3, -0.25) is 0 Å². The average molecular weight is 252 g/mol. The van der Waals surface area contributed by atoms with Gasteiger partial charge in [0.15, 0.2) is 4.34 Å². The van der Waals surface area contributed by atoms with Gasteiger partial charge in [-0.05, 0) is 30.0 Å². The largest absolute Gasteiger partial charge is 0.291 e. The third-order valence-corrected chi connectivity index (χ3v) is 3.58. The summed E-state index contributed by atoms with van der Waals surface area (Å²) in [6, 6.07) is 5.15. The van der Waals surface area contributed by atoms with Gasteiger partial charge in [0.05, 0.1) is 10.2 Å².